The summed E-state index contributed by atoms with van der Waals surface area (Å²) < 4.78 is 18.7. The summed E-state index contributed by atoms with van der Waals surface area (Å²) in [4.78, 5) is 0. The van der Waals surface area contributed by atoms with Crippen LogP contribution in [0.5, 0.6) is 5.75 Å². The van der Waals surface area contributed by atoms with Gasteiger partial charge in [-0.3, -0.25) is 0 Å². The highest BCUT2D eigenvalue weighted by Gasteiger charge is 2.36. The molecule has 3 heteroatoms. The number of hydrogen-bond acceptors (Lipinski definition) is 2. The average molecular weight is 272 g/mol. The summed E-state index contributed by atoms with van der Waals surface area (Å²) in [6.07, 6.45) is 1.97. The predicted molar refractivity (Wildman–Crippen MR) is 75.3 cm³/mol. The number of aliphatic hydroxyl groups is 1. The van der Waals surface area contributed by atoms with Gasteiger partial charge in [-0.1, -0.05) is 30.3 Å². The first kappa shape index (κ1) is 13.1. The quantitative estimate of drug-likeness (QED) is 0.929. The SMILES string of the molecule is COc1ccc(CC2(O)CCc3ccccc32)cc1F. The second-order valence-electron chi connectivity index (χ2n) is 5.33. The van der Waals surface area contributed by atoms with Gasteiger partial charge in [0.25, 0.3) is 0 Å². The summed E-state index contributed by atoms with van der Waals surface area (Å²) in [5.74, 6) is -0.160. The van der Waals surface area contributed by atoms with Crippen molar-refractivity contribution in [1.82, 2.24) is 0 Å². The van der Waals surface area contributed by atoms with E-state index in [-0.39, 0.29) is 11.6 Å². The van der Waals surface area contributed by atoms with E-state index in [0.717, 1.165) is 17.5 Å². The molecular weight excluding hydrogens is 255 g/mol. The van der Waals surface area contributed by atoms with Crippen LogP contribution in [0.15, 0.2) is 42.5 Å². The minimum Gasteiger partial charge on any atom is -0.494 e. The lowest BCUT2D eigenvalue weighted by Gasteiger charge is -2.24. The normalized spacial score (nSPS) is 20.8. The third kappa shape index (κ3) is 2.18. The summed E-state index contributed by atoms with van der Waals surface area (Å²) in [5, 5.41) is 10.9. The molecule has 1 aliphatic rings. The lowest BCUT2D eigenvalue weighted by atomic mass is 9.89. The topological polar surface area (TPSA) is 29.5 Å². The number of fused-ring (bicyclic) bond motifs is 1. The number of hydrogen-bond donors (Lipinski definition) is 1. The zero-order chi connectivity index (χ0) is 14.2. The van der Waals surface area contributed by atoms with E-state index >= 15 is 0 Å². The van der Waals surface area contributed by atoms with E-state index in [2.05, 4.69) is 0 Å². The Labute approximate surface area is 117 Å². The highest BCUT2D eigenvalue weighted by molar-refractivity contribution is 5.39. The van der Waals surface area contributed by atoms with Crippen LogP contribution in [-0.4, -0.2) is 12.2 Å². The predicted octanol–water partition coefficient (Wildman–Crippen LogP) is 3.21. The molecular formula is C17H17FO2. The zero-order valence-corrected chi connectivity index (χ0v) is 11.4. The standard InChI is InChI=1S/C17H17FO2/c1-20-16-7-6-12(10-15(16)18)11-17(19)9-8-13-4-2-3-5-14(13)17/h2-7,10,19H,8-9,11H2,1H3. The van der Waals surface area contributed by atoms with Crippen LogP contribution < -0.4 is 4.74 Å². The van der Waals surface area contributed by atoms with Crippen molar-refractivity contribution in [3.63, 3.8) is 0 Å². The Bertz CT molecular complexity index is 639. The monoisotopic (exact) mass is 272 g/mol. The second kappa shape index (κ2) is 4.91. The molecule has 0 saturated heterocycles. The lowest BCUT2D eigenvalue weighted by molar-refractivity contribution is 0.0389. The van der Waals surface area contributed by atoms with Gasteiger partial charge in [-0.05, 0) is 41.7 Å². The Morgan fingerprint density at radius 2 is 2.05 bits per heavy atom. The van der Waals surface area contributed by atoms with Gasteiger partial charge in [0, 0.05) is 6.42 Å². The maximum atomic E-state index is 13.7. The lowest BCUT2D eigenvalue weighted by Crippen LogP contribution is -2.25. The fraction of sp³-hybridized carbons (Fsp3) is 0.294. The highest BCUT2D eigenvalue weighted by Crippen LogP contribution is 2.39. The molecule has 3 rings (SSSR count). The Morgan fingerprint density at radius 3 is 2.80 bits per heavy atom. The number of methoxy groups -OCH3 is 1. The molecule has 1 atom stereocenters. The maximum absolute atomic E-state index is 13.7. The van der Waals surface area contributed by atoms with Crippen molar-refractivity contribution in [3.05, 3.63) is 65.0 Å². The van der Waals surface area contributed by atoms with E-state index in [4.69, 9.17) is 4.74 Å². The van der Waals surface area contributed by atoms with E-state index in [1.54, 1.807) is 12.1 Å². The molecule has 1 aliphatic carbocycles. The molecule has 0 radical (unpaired) electrons. The molecule has 104 valence electrons. The smallest absolute Gasteiger partial charge is 0.165 e. The summed E-state index contributed by atoms with van der Waals surface area (Å²) in [6, 6.07) is 12.8. The molecule has 1 N–H and O–H groups in total. The van der Waals surface area contributed by atoms with Crippen molar-refractivity contribution in [1.29, 1.82) is 0 Å². The van der Waals surface area contributed by atoms with Gasteiger partial charge >= 0.3 is 0 Å². The number of aryl methyl sites for hydroxylation is 1. The van der Waals surface area contributed by atoms with Gasteiger partial charge in [-0.25, -0.2) is 4.39 Å². The van der Waals surface area contributed by atoms with Crippen molar-refractivity contribution < 1.29 is 14.2 Å². The van der Waals surface area contributed by atoms with Gasteiger partial charge in [0.15, 0.2) is 11.6 Å². The molecule has 2 aromatic rings. The van der Waals surface area contributed by atoms with E-state index in [1.807, 2.05) is 24.3 Å². The van der Waals surface area contributed by atoms with Crippen LogP contribution in [0.3, 0.4) is 0 Å². The minimum atomic E-state index is -0.891. The molecule has 0 saturated carbocycles. The van der Waals surface area contributed by atoms with Crippen molar-refractivity contribution >= 4 is 0 Å². The second-order valence-corrected chi connectivity index (χ2v) is 5.33. The Balaban J connectivity index is 1.90. The van der Waals surface area contributed by atoms with Gasteiger partial charge in [0.2, 0.25) is 0 Å². The molecule has 2 aromatic carbocycles. The third-order valence-electron chi connectivity index (χ3n) is 4.04. The summed E-state index contributed by atoms with van der Waals surface area (Å²) >= 11 is 0. The minimum absolute atomic E-state index is 0.229. The van der Waals surface area contributed by atoms with Crippen molar-refractivity contribution in [2.75, 3.05) is 7.11 Å². The Hall–Kier alpha value is -1.87. The molecule has 0 aromatic heterocycles. The van der Waals surface area contributed by atoms with Crippen molar-refractivity contribution in [2.45, 2.75) is 24.9 Å². The van der Waals surface area contributed by atoms with E-state index in [1.165, 1.54) is 18.7 Å². The fourth-order valence-electron chi connectivity index (χ4n) is 3.01. The van der Waals surface area contributed by atoms with Gasteiger partial charge in [-0.15, -0.1) is 0 Å². The molecule has 2 nitrogen and oxygen atoms in total. The molecule has 0 fully saturated rings. The first-order valence-electron chi connectivity index (χ1n) is 6.75. The van der Waals surface area contributed by atoms with Crippen LogP contribution in [0.4, 0.5) is 4.39 Å². The van der Waals surface area contributed by atoms with Gasteiger partial charge in [0.1, 0.15) is 0 Å². The molecule has 0 heterocycles. The molecule has 0 bridgehead atoms. The van der Waals surface area contributed by atoms with E-state index < -0.39 is 5.60 Å². The van der Waals surface area contributed by atoms with Crippen molar-refractivity contribution in [3.8, 4) is 5.75 Å². The summed E-state index contributed by atoms with van der Waals surface area (Å²) in [5.41, 5.74) is 2.04. The molecule has 20 heavy (non-hydrogen) atoms. The maximum Gasteiger partial charge on any atom is 0.165 e. The van der Waals surface area contributed by atoms with Gasteiger partial charge < -0.3 is 9.84 Å². The number of ether oxygens (including phenoxy) is 1. The third-order valence-corrected chi connectivity index (χ3v) is 4.04. The molecule has 0 amide bonds. The van der Waals surface area contributed by atoms with Gasteiger partial charge in [-0.2, -0.15) is 0 Å². The Kier molecular flexibility index (Phi) is 3.22. The highest BCUT2D eigenvalue weighted by atomic mass is 19.1. The first-order valence-corrected chi connectivity index (χ1v) is 6.75. The zero-order valence-electron chi connectivity index (χ0n) is 11.4. The van der Waals surface area contributed by atoms with E-state index in [0.29, 0.717) is 12.8 Å². The molecule has 1 unspecified atom stereocenters. The van der Waals surface area contributed by atoms with Crippen LogP contribution in [0.2, 0.25) is 0 Å². The van der Waals surface area contributed by atoms with Crippen LogP contribution in [0.25, 0.3) is 0 Å². The summed E-state index contributed by atoms with van der Waals surface area (Å²) in [6.45, 7) is 0. The number of benzene rings is 2. The number of halogens is 1. The van der Waals surface area contributed by atoms with Crippen LogP contribution >= 0.6 is 0 Å². The van der Waals surface area contributed by atoms with Crippen molar-refractivity contribution in [2.24, 2.45) is 0 Å². The average Bonchev–Trinajstić information content (AvgIpc) is 2.77. The number of rotatable bonds is 3. The van der Waals surface area contributed by atoms with E-state index in [9.17, 15) is 9.50 Å². The van der Waals surface area contributed by atoms with Crippen LogP contribution in [0, 0.1) is 5.82 Å². The Morgan fingerprint density at radius 1 is 1.25 bits per heavy atom. The van der Waals surface area contributed by atoms with Crippen LogP contribution in [0.1, 0.15) is 23.1 Å². The van der Waals surface area contributed by atoms with Crippen LogP contribution in [-0.2, 0) is 18.4 Å². The van der Waals surface area contributed by atoms with Gasteiger partial charge in [0.05, 0.1) is 12.7 Å². The molecule has 0 spiro atoms. The summed E-state index contributed by atoms with van der Waals surface area (Å²) in [7, 11) is 1.44. The largest absolute Gasteiger partial charge is 0.494 e. The first-order chi connectivity index (χ1) is 9.62. The fourth-order valence-corrected chi connectivity index (χ4v) is 3.01. The molecule has 0 aliphatic heterocycles.